The molecule has 1 heterocycles. The number of benzene rings is 2. The van der Waals surface area contributed by atoms with E-state index in [1.54, 1.807) is 34.3 Å². The molecule has 0 saturated carbocycles. The first-order valence-corrected chi connectivity index (χ1v) is 9.62. The van der Waals surface area contributed by atoms with E-state index in [4.69, 9.17) is 25.6 Å². The molecule has 2 aromatic carbocycles. The number of nitrogens with zero attached hydrogens (tertiary/aromatic N) is 2. The number of aryl methyl sites for hydroxylation is 1. The number of ether oxygens (including phenoxy) is 2. The Morgan fingerprint density at radius 3 is 2.60 bits per heavy atom. The predicted octanol–water partition coefficient (Wildman–Crippen LogP) is 4.77. The minimum absolute atomic E-state index is 0.0488. The summed E-state index contributed by atoms with van der Waals surface area (Å²) in [5.74, 6) is 0.654. The first-order chi connectivity index (χ1) is 14.4. The Morgan fingerprint density at radius 1 is 1.20 bits per heavy atom. The topological polar surface area (TPSA) is 64.8 Å². The van der Waals surface area contributed by atoms with Crippen LogP contribution in [-0.2, 0) is 6.42 Å². The number of carbonyl (C=O) groups excluding carboxylic acids is 1. The summed E-state index contributed by atoms with van der Waals surface area (Å²) in [5, 5.41) is 4.05. The van der Waals surface area contributed by atoms with Gasteiger partial charge in [0.05, 0.1) is 24.8 Å². The molecule has 0 bridgehead atoms. The van der Waals surface area contributed by atoms with Gasteiger partial charge >= 0.3 is 0 Å². The number of halogens is 2. The fraction of sp³-hybridized carbons (Fsp3) is 0.273. The van der Waals surface area contributed by atoms with E-state index < -0.39 is 5.82 Å². The van der Waals surface area contributed by atoms with Gasteiger partial charge in [-0.3, -0.25) is 4.79 Å². The third kappa shape index (κ3) is 4.26. The van der Waals surface area contributed by atoms with Crippen LogP contribution < -0.4 is 9.47 Å². The van der Waals surface area contributed by atoms with Crippen LogP contribution >= 0.6 is 11.6 Å². The van der Waals surface area contributed by atoms with Crippen molar-refractivity contribution in [2.24, 2.45) is 0 Å². The molecule has 0 aliphatic heterocycles. The molecule has 8 heteroatoms. The second-order valence-electron chi connectivity index (χ2n) is 6.73. The molecule has 0 fully saturated rings. The lowest BCUT2D eigenvalue weighted by Gasteiger charge is -2.18. The zero-order chi connectivity index (χ0) is 21.8. The summed E-state index contributed by atoms with van der Waals surface area (Å²) < 4.78 is 30.1. The van der Waals surface area contributed by atoms with Crippen LogP contribution in [0.4, 0.5) is 4.39 Å². The average molecular weight is 433 g/mol. The van der Waals surface area contributed by atoms with Gasteiger partial charge in [-0.15, -0.1) is 0 Å². The third-order valence-corrected chi connectivity index (χ3v) is 5.12. The molecule has 0 atom stereocenters. The summed E-state index contributed by atoms with van der Waals surface area (Å²) in [6.45, 7) is 2.03. The Hall–Kier alpha value is -3.06. The molecule has 3 rings (SSSR count). The Bertz CT molecular complexity index is 1050. The highest BCUT2D eigenvalue weighted by atomic mass is 35.5. The Kier molecular flexibility index (Phi) is 6.62. The second kappa shape index (κ2) is 9.17. The molecule has 1 amide bonds. The van der Waals surface area contributed by atoms with Crippen LogP contribution in [0, 0.1) is 12.7 Å². The van der Waals surface area contributed by atoms with Crippen LogP contribution in [0.2, 0.25) is 5.02 Å². The summed E-state index contributed by atoms with van der Waals surface area (Å²) in [4.78, 5) is 14.6. The van der Waals surface area contributed by atoms with E-state index >= 15 is 0 Å². The van der Waals surface area contributed by atoms with Gasteiger partial charge in [-0.05, 0) is 43.2 Å². The smallest absolute Gasteiger partial charge is 0.259 e. The normalized spacial score (nSPS) is 10.7. The molecule has 0 saturated heterocycles. The molecule has 30 heavy (non-hydrogen) atoms. The molecular weight excluding hydrogens is 411 g/mol. The average Bonchev–Trinajstić information content (AvgIpc) is 3.11. The molecular formula is C22H22ClFN2O4. The van der Waals surface area contributed by atoms with Gasteiger partial charge in [-0.2, -0.15) is 0 Å². The van der Waals surface area contributed by atoms with Gasteiger partial charge < -0.3 is 18.9 Å². The molecule has 0 unspecified atom stereocenters. The van der Waals surface area contributed by atoms with Crippen molar-refractivity contribution >= 4 is 17.5 Å². The maximum Gasteiger partial charge on any atom is 0.259 e. The lowest BCUT2D eigenvalue weighted by molar-refractivity contribution is 0.0795. The molecule has 0 aliphatic carbocycles. The number of hydrogen-bond acceptors (Lipinski definition) is 5. The van der Waals surface area contributed by atoms with Crippen LogP contribution in [-0.4, -0.2) is 43.8 Å². The summed E-state index contributed by atoms with van der Waals surface area (Å²) in [6, 6.07) is 9.89. The van der Waals surface area contributed by atoms with E-state index in [1.807, 2.05) is 18.2 Å². The largest absolute Gasteiger partial charge is 0.493 e. The van der Waals surface area contributed by atoms with Crippen molar-refractivity contribution in [2.75, 3.05) is 27.8 Å². The standard InChI is InChI=1S/C22H22ClFN2O4/c1-13-19(21(25-30-13)20-15(23)6-5-7-16(20)24)22(27)26(2)11-10-14-8-9-17(28-3)18(12-14)29-4/h5-9,12H,10-11H2,1-4H3. The van der Waals surface area contributed by atoms with E-state index in [0.29, 0.717) is 30.2 Å². The fourth-order valence-corrected chi connectivity index (χ4v) is 3.40. The predicted molar refractivity (Wildman–Crippen MR) is 112 cm³/mol. The minimum atomic E-state index is -0.571. The zero-order valence-electron chi connectivity index (χ0n) is 17.2. The third-order valence-electron chi connectivity index (χ3n) is 4.81. The van der Waals surface area contributed by atoms with Crippen LogP contribution in [0.1, 0.15) is 21.7 Å². The number of amides is 1. The van der Waals surface area contributed by atoms with E-state index in [9.17, 15) is 9.18 Å². The van der Waals surface area contributed by atoms with Crippen LogP contribution in [0.25, 0.3) is 11.3 Å². The van der Waals surface area contributed by atoms with Crippen molar-refractivity contribution in [3.05, 3.63) is 64.1 Å². The van der Waals surface area contributed by atoms with Gasteiger partial charge in [0, 0.05) is 13.6 Å². The van der Waals surface area contributed by atoms with Crippen molar-refractivity contribution in [2.45, 2.75) is 13.3 Å². The Morgan fingerprint density at radius 2 is 1.93 bits per heavy atom. The molecule has 0 spiro atoms. The highest BCUT2D eigenvalue weighted by molar-refractivity contribution is 6.33. The molecule has 158 valence electrons. The highest BCUT2D eigenvalue weighted by Gasteiger charge is 2.27. The summed E-state index contributed by atoms with van der Waals surface area (Å²) in [5.41, 5.74) is 1.31. The maximum absolute atomic E-state index is 14.4. The van der Waals surface area contributed by atoms with E-state index in [2.05, 4.69) is 5.16 Å². The molecule has 3 aromatic rings. The van der Waals surface area contributed by atoms with Crippen LogP contribution in [0.5, 0.6) is 11.5 Å². The molecule has 1 aromatic heterocycles. The van der Waals surface area contributed by atoms with Gasteiger partial charge in [0.25, 0.3) is 5.91 Å². The van der Waals surface area contributed by atoms with Crippen molar-refractivity contribution < 1.29 is 23.2 Å². The lowest BCUT2D eigenvalue weighted by atomic mass is 10.0. The van der Waals surface area contributed by atoms with Crippen molar-refractivity contribution in [1.29, 1.82) is 0 Å². The number of hydrogen-bond donors (Lipinski definition) is 0. The lowest BCUT2D eigenvalue weighted by Crippen LogP contribution is -2.29. The highest BCUT2D eigenvalue weighted by Crippen LogP contribution is 2.34. The number of rotatable bonds is 7. The molecule has 6 nitrogen and oxygen atoms in total. The van der Waals surface area contributed by atoms with Gasteiger partial charge in [-0.25, -0.2) is 4.39 Å². The Labute approximate surface area is 179 Å². The van der Waals surface area contributed by atoms with Crippen molar-refractivity contribution in [1.82, 2.24) is 10.1 Å². The van der Waals surface area contributed by atoms with Crippen LogP contribution in [0.15, 0.2) is 40.9 Å². The fourth-order valence-electron chi connectivity index (χ4n) is 3.14. The van der Waals surface area contributed by atoms with Gasteiger partial charge in [0.2, 0.25) is 0 Å². The quantitative estimate of drug-likeness (QED) is 0.538. The molecule has 0 N–H and O–H groups in total. The molecule has 0 aliphatic rings. The zero-order valence-corrected chi connectivity index (χ0v) is 17.9. The van der Waals surface area contributed by atoms with Gasteiger partial charge in [0.15, 0.2) is 11.5 Å². The molecule has 0 radical (unpaired) electrons. The number of aromatic nitrogens is 1. The second-order valence-corrected chi connectivity index (χ2v) is 7.13. The number of likely N-dealkylation sites (N-methyl/N-ethyl adjacent to an activating group) is 1. The van der Waals surface area contributed by atoms with Gasteiger partial charge in [-0.1, -0.05) is 28.9 Å². The summed E-state index contributed by atoms with van der Waals surface area (Å²) >= 11 is 6.16. The van der Waals surface area contributed by atoms with Crippen LogP contribution in [0.3, 0.4) is 0 Å². The number of carbonyl (C=O) groups is 1. The minimum Gasteiger partial charge on any atom is -0.493 e. The number of methoxy groups -OCH3 is 2. The van der Waals surface area contributed by atoms with Crippen molar-refractivity contribution in [3.63, 3.8) is 0 Å². The Balaban J connectivity index is 1.82. The summed E-state index contributed by atoms with van der Waals surface area (Å²) in [7, 11) is 4.81. The van der Waals surface area contributed by atoms with Crippen molar-refractivity contribution in [3.8, 4) is 22.8 Å². The monoisotopic (exact) mass is 432 g/mol. The van der Waals surface area contributed by atoms with E-state index in [-0.39, 0.29) is 27.8 Å². The van der Waals surface area contributed by atoms with Gasteiger partial charge in [0.1, 0.15) is 22.8 Å². The first kappa shape index (κ1) is 21.6. The first-order valence-electron chi connectivity index (χ1n) is 9.24. The van der Waals surface area contributed by atoms with E-state index in [0.717, 1.165) is 5.56 Å². The van der Waals surface area contributed by atoms with E-state index in [1.165, 1.54) is 17.0 Å². The summed E-state index contributed by atoms with van der Waals surface area (Å²) in [6.07, 6.45) is 0.586. The maximum atomic E-state index is 14.4. The SMILES string of the molecule is COc1ccc(CCN(C)C(=O)c2c(-c3c(F)cccc3Cl)noc2C)cc1OC.